The third-order valence-electron chi connectivity index (χ3n) is 0.918. The molecule has 3 nitrogen and oxygen atoms in total. The SMILES string of the molecule is [C-]#[N+]c1ccc(S(=O)(=O)Cl)s1. The van der Waals surface area contributed by atoms with Crippen molar-refractivity contribution in [3.8, 4) is 0 Å². The normalized spacial score (nSPS) is 10.9. The molecule has 0 radical (unpaired) electrons. The van der Waals surface area contributed by atoms with Crippen molar-refractivity contribution in [1.82, 2.24) is 0 Å². The summed E-state index contributed by atoms with van der Waals surface area (Å²) in [5.41, 5.74) is 0. The minimum atomic E-state index is -3.64. The lowest BCUT2D eigenvalue weighted by Gasteiger charge is -1.84. The average Bonchev–Trinajstić information content (AvgIpc) is 2.32. The van der Waals surface area contributed by atoms with Crippen molar-refractivity contribution in [3.63, 3.8) is 0 Å². The van der Waals surface area contributed by atoms with Gasteiger partial charge >= 0.3 is 0 Å². The van der Waals surface area contributed by atoms with Crippen LogP contribution in [0.25, 0.3) is 4.85 Å². The number of halogens is 1. The number of rotatable bonds is 1. The molecule has 0 saturated heterocycles. The lowest BCUT2D eigenvalue weighted by atomic mass is 10.6. The van der Waals surface area contributed by atoms with Crippen LogP contribution in [0.1, 0.15) is 0 Å². The molecule has 0 aliphatic carbocycles. The second kappa shape index (κ2) is 2.81. The van der Waals surface area contributed by atoms with Gasteiger partial charge < -0.3 is 0 Å². The first kappa shape index (κ1) is 8.53. The maximum atomic E-state index is 10.6. The smallest absolute Gasteiger partial charge is 0.227 e. The maximum Gasteiger partial charge on any atom is 0.269 e. The van der Waals surface area contributed by atoms with Crippen molar-refractivity contribution in [2.45, 2.75) is 4.21 Å². The number of thiophene rings is 1. The second-order valence-corrected chi connectivity index (χ2v) is 5.50. The van der Waals surface area contributed by atoms with Crippen LogP contribution >= 0.6 is 22.0 Å². The van der Waals surface area contributed by atoms with Crippen molar-refractivity contribution < 1.29 is 8.42 Å². The van der Waals surface area contributed by atoms with Gasteiger partial charge in [0.15, 0.2) is 0 Å². The molecular weight excluding hydrogens is 206 g/mol. The van der Waals surface area contributed by atoms with E-state index in [1.54, 1.807) is 0 Å². The molecule has 0 atom stereocenters. The van der Waals surface area contributed by atoms with Crippen LogP contribution in [0.15, 0.2) is 16.3 Å². The van der Waals surface area contributed by atoms with Crippen molar-refractivity contribution >= 4 is 36.1 Å². The standard InChI is InChI=1S/C5H2ClNO2S2/c1-7-4-2-3-5(10-4)11(6,8)9/h2-3H. The molecule has 0 saturated carbocycles. The largest absolute Gasteiger partial charge is 0.269 e. The molecule has 58 valence electrons. The summed E-state index contributed by atoms with van der Waals surface area (Å²) >= 11 is 0.866. The van der Waals surface area contributed by atoms with Crippen molar-refractivity contribution in [3.05, 3.63) is 23.5 Å². The fourth-order valence-corrected chi connectivity index (χ4v) is 2.35. The molecule has 1 aromatic rings. The Hall–Kier alpha value is -0.570. The number of hydrogen-bond donors (Lipinski definition) is 0. The molecule has 0 N–H and O–H groups in total. The van der Waals surface area contributed by atoms with E-state index in [-0.39, 0.29) is 4.21 Å². The van der Waals surface area contributed by atoms with Crippen LogP contribution in [-0.2, 0) is 9.05 Å². The van der Waals surface area contributed by atoms with Crippen LogP contribution in [0, 0.1) is 6.57 Å². The van der Waals surface area contributed by atoms with Crippen molar-refractivity contribution in [1.29, 1.82) is 0 Å². The van der Waals surface area contributed by atoms with Crippen LogP contribution < -0.4 is 0 Å². The first-order chi connectivity index (χ1) is 5.04. The van der Waals surface area contributed by atoms with Gasteiger partial charge in [0, 0.05) is 10.7 Å². The maximum absolute atomic E-state index is 10.6. The van der Waals surface area contributed by atoms with Crippen molar-refractivity contribution in [2.24, 2.45) is 0 Å². The summed E-state index contributed by atoms with van der Waals surface area (Å²) in [6.45, 7) is 6.56. The third kappa shape index (κ3) is 1.93. The van der Waals surface area contributed by atoms with Gasteiger partial charge in [0.05, 0.1) is 6.57 Å². The fourth-order valence-electron chi connectivity index (χ4n) is 0.502. The summed E-state index contributed by atoms with van der Waals surface area (Å²) in [5.74, 6) is 0. The van der Waals surface area contributed by atoms with Crippen molar-refractivity contribution in [2.75, 3.05) is 0 Å². The molecule has 0 fully saturated rings. The first-order valence-electron chi connectivity index (χ1n) is 2.46. The van der Waals surface area contributed by atoms with E-state index in [2.05, 4.69) is 4.85 Å². The van der Waals surface area contributed by atoms with E-state index < -0.39 is 9.05 Å². The fraction of sp³-hybridized carbons (Fsp3) is 0. The van der Waals surface area contributed by atoms with Gasteiger partial charge in [-0.1, -0.05) is 0 Å². The molecular formula is C5H2ClNO2S2. The van der Waals surface area contributed by atoms with E-state index in [0.717, 1.165) is 11.3 Å². The summed E-state index contributed by atoms with van der Waals surface area (Å²) in [7, 11) is 1.36. The minimum Gasteiger partial charge on any atom is -0.227 e. The molecule has 11 heavy (non-hydrogen) atoms. The Morgan fingerprint density at radius 3 is 2.45 bits per heavy atom. The second-order valence-electron chi connectivity index (χ2n) is 1.64. The van der Waals surface area contributed by atoms with Crippen LogP contribution in [0.4, 0.5) is 5.00 Å². The van der Waals surface area contributed by atoms with E-state index in [1.807, 2.05) is 0 Å². The van der Waals surface area contributed by atoms with Gasteiger partial charge in [-0.25, -0.2) is 13.3 Å². The molecule has 0 aliphatic heterocycles. The zero-order valence-corrected chi connectivity index (χ0v) is 7.50. The van der Waals surface area contributed by atoms with E-state index in [1.165, 1.54) is 12.1 Å². The number of nitrogens with zero attached hydrogens (tertiary/aromatic N) is 1. The molecule has 0 spiro atoms. The first-order valence-corrected chi connectivity index (χ1v) is 5.58. The Morgan fingerprint density at radius 1 is 1.55 bits per heavy atom. The quantitative estimate of drug-likeness (QED) is 0.523. The zero-order valence-electron chi connectivity index (χ0n) is 5.11. The molecule has 0 unspecified atom stereocenters. The van der Waals surface area contributed by atoms with Gasteiger partial charge in [-0.2, -0.15) is 0 Å². The summed E-state index contributed by atoms with van der Waals surface area (Å²) in [6.07, 6.45) is 0. The Balaban J connectivity index is 3.22. The molecule has 0 bridgehead atoms. The van der Waals surface area contributed by atoms with E-state index in [0.29, 0.717) is 5.00 Å². The summed E-state index contributed by atoms with van der Waals surface area (Å²) in [5, 5.41) is 0.323. The summed E-state index contributed by atoms with van der Waals surface area (Å²) < 4.78 is 21.3. The summed E-state index contributed by atoms with van der Waals surface area (Å²) in [6, 6.07) is 2.74. The van der Waals surface area contributed by atoms with Crippen LogP contribution in [0.5, 0.6) is 0 Å². The average molecular weight is 208 g/mol. The van der Waals surface area contributed by atoms with E-state index >= 15 is 0 Å². The van der Waals surface area contributed by atoms with Gasteiger partial charge in [0.25, 0.3) is 9.05 Å². The van der Waals surface area contributed by atoms with E-state index in [4.69, 9.17) is 17.3 Å². The lowest BCUT2D eigenvalue weighted by molar-refractivity contribution is 0.611. The predicted molar refractivity (Wildman–Crippen MR) is 43.6 cm³/mol. The van der Waals surface area contributed by atoms with Gasteiger partial charge in [-0.15, -0.1) is 11.3 Å². The zero-order chi connectivity index (χ0) is 8.48. The van der Waals surface area contributed by atoms with E-state index in [9.17, 15) is 8.42 Å². The lowest BCUT2D eigenvalue weighted by Crippen LogP contribution is -1.82. The Bertz CT molecular complexity index is 400. The molecule has 1 aromatic heterocycles. The molecule has 0 amide bonds. The Kier molecular flexibility index (Phi) is 2.18. The van der Waals surface area contributed by atoms with Gasteiger partial charge in [0.1, 0.15) is 4.21 Å². The molecule has 0 aromatic carbocycles. The topological polar surface area (TPSA) is 38.5 Å². The van der Waals surface area contributed by atoms with Gasteiger partial charge in [-0.3, -0.25) is 0 Å². The highest BCUT2D eigenvalue weighted by Crippen LogP contribution is 2.30. The highest BCUT2D eigenvalue weighted by Gasteiger charge is 2.11. The van der Waals surface area contributed by atoms with Gasteiger partial charge in [0.2, 0.25) is 5.00 Å². The molecule has 1 heterocycles. The molecule has 0 aliphatic rings. The number of hydrogen-bond acceptors (Lipinski definition) is 3. The predicted octanol–water partition coefficient (Wildman–Crippen LogP) is 2.23. The molecule has 1 rings (SSSR count). The van der Waals surface area contributed by atoms with Gasteiger partial charge in [-0.05, 0) is 12.1 Å². The Morgan fingerprint density at radius 2 is 2.18 bits per heavy atom. The highest BCUT2D eigenvalue weighted by atomic mass is 35.7. The third-order valence-corrected chi connectivity index (χ3v) is 3.99. The van der Waals surface area contributed by atoms with Crippen LogP contribution in [-0.4, -0.2) is 8.42 Å². The monoisotopic (exact) mass is 207 g/mol. The van der Waals surface area contributed by atoms with Crippen LogP contribution in [0.3, 0.4) is 0 Å². The Labute approximate surface area is 72.5 Å². The molecule has 6 heteroatoms. The van der Waals surface area contributed by atoms with Crippen LogP contribution in [0.2, 0.25) is 0 Å². The minimum absolute atomic E-state index is 0.0187. The summed E-state index contributed by atoms with van der Waals surface area (Å²) in [4.78, 5) is 3.05. The highest BCUT2D eigenvalue weighted by molar-refractivity contribution is 8.15.